The Bertz CT molecular complexity index is 377. The maximum atomic E-state index is 12.9. The van der Waals surface area contributed by atoms with E-state index in [0.717, 1.165) is 18.2 Å². The highest BCUT2D eigenvalue weighted by atomic mass is 19.1. The first-order chi connectivity index (χ1) is 7.58. The minimum absolute atomic E-state index is 0.132. The molecule has 1 unspecified atom stereocenters. The Hall–Kier alpha value is -1.62. The van der Waals surface area contributed by atoms with Gasteiger partial charge in [-0.2, -0.15) is 0 Å². The van der Waals surface area contributed by atoms with E-state index in [1.54, 1.807) is 6.92 Å². The molecule has 5 heteroatoms. The zero-order valence-corrected chi connectivity index (χ0v) is 8.90. The molecule has 1 amide bonds. The third-order valence-electron chi connectivity index (χ3n) is 2.25. The number of phenols is 1. The molecular weight excluding hydrogens is 213 g/mol. The van der Waals surface area contributed by atoms with Crippen molar-refractivity contribution in [3.63, 3.8) is 0 Å². The second-order valence-corrected chi connectivity index (χ2v) is 3.42. The van der Waals surface area contributed by atoms with Crippen LogP contribution in [0.4, 0.5) is 4.39 Å². The number of nitrogens with one attached hydrogen (secondary N) is 1. The van der Waals surface area contributed by atoms with Gasteiger partial charge in [0.2, 0.25) is 0 Å². The highest BCUT2D eigenvalue weighted by Gasteiger charge is 2.15. The number of rotatable bonds is 4. The zero-order chi connectivity index (χ0) is 12.1. The summed E-state index contributed by atoms with van der Waals surface area (Å²) in [7, 11) is 0. The second-order valence-electron chi connectivity index (χ2n) is 3.42. The lowest BCUT2D eigenvalue weighted by molar-refractivity contribution is 0.0911. The van der Waals surface area contributed by atoms with Crippen molar-refractivity contribution in [3.05, 3.63) is 29.6 Å². The maximum absolute atomic E-state index is 12.9. The molecule has 0 aromatic heterocycles. The Labute approximate surface area is 92.7 Å². The summed E-state index contributed by atoms with van der Waals surface area (Å²) in [5.41, 5.74) is -0.132. The second kappa shape index (κ2) is 5.46. The molecule has 1 aromatic rings. The van der Waals surface area contributed by atoms with Crippen LogP contribution < -0.4 is 5.32 Å². The molecule has 0 spiro atoms. The molecule has 1 aromatic carbocycles. The van der Waals surface area contributed by atoms with Crippen molar-refractivity contribution in [2.75, 3.05) is 6.61 Å². The molecule has 0 bridgehead atoms. The van der Waals surface area contributed by atoms with Crippen molar-refractivity contribution in [1.29, 1.82) is 0 Å². The summed E-state index contributed by atoms with van der Waals surface area (Å²) in [5, 5.41) is 20.8. The summed E-state index contributed by atoms with van der Waals surface area (Å²) < 4.78 is 12.9. The van der Waals surface area contributed by atoms with Crippen LogP contribution >= 0.6 is 0 Å². The molecule has 1 atom stereocenters. The number of hydrogen-bond donors (Lipinski definition) is 3. The third-order valence-corrected chi connectivity index (χ3v) is 2.25. The quantitative estimate of drug-likeness (QED) is 0.719. The molecule has 0 radical (unpaired) electrons. The van der Waals surface area contributed by atoms with E-state index in [0.29, 0.717) is 6.42 Å². The van der Waals surface area contributed by atoms with Crippen molar-refractivity contribution >= 4 is 5.91 Å². The number of carbonyl (C=O) groups is 1. The number of phenolic OH excluding ortho intramolecular Hbond substituents is 1. The van der Waals surface area contributed by atoms with E-state index in [2.05, 4.69) is 5.32 Å². The summed E-state index contributed by atoms with van der Waals surface area (Å²) in [6, 6.07) is 2.74. The van der Waals surface area contributed by atoms with Gasteiger partial charge in [0.05, 0.1) is 18.2 Å². The van der Waals surface area contributed by atoms with Crippen LogP contribution in [-0.4, -0.2) is 28.8 Å². The molecule has 0 saturated heterocycles. The summed E-state index contributed by atoms with van der Waals surface area (Å²) in [6.45, 7) is 1.60. The van der Waals surface area contributed by atoms with E-state index in [1.165, 1.54) is 0 Å². The molecule has 0 saturated carbocycles. The molecule has 3 N–H and O–H groups in total. The van der Waals surface area contributed by atoms with Crippen LogP contribution in [-0.2, 0) is 0 Å². The van der Waals surface area contributed by atoms with E-state index in [4.69, 9.17) is 5.11 Å². The molecule has 0 aliphatic rings. The van der Waals surface area contributed by atoms with E-state index in [-0.39, 0.29) is 17.9 Å². The number of amides is 1. The average Bonchev–Trinajstić information content (AvgIpc) is 2.28. The predicted octanol–water partition coefficient (Wildman–Crippen LogP) is 1.03. The Kier molecular flexibility index (Phi) is 4.25. The minimum atomic E-state index is -0.599. The SMILES string of the molecule is CCC(CO)NC(=O)c1cc(F)ccc1O. The fourth-order valence-electron chi connectivity index (χ4n) is 1.23. The van der Waals surface area contributed by atoms with Gasteiger partial charge in [-0.15, -0.1) is 0 Å². The van der Waals surface area contributed by atoms with E-state index < -0.39 is 17.8 Å². The van der Waals surface area contributed by atoms with Gasteiger partial charge in [-0.1, -0.05) is 6.92 Å². The zero-order valence-electron chi connectivity index (χ0n) is 8.90. The average molecular weight is 227 g/mol. The van der Waals surface area contributed by atoms with Crippen molar-refractivity contribution < 1.29 is 19.4 Å². The fourth-order valence-corrected chi connectivity index (χ4v) is 1.23. The van der Waals surface area contributed by atoms with Crippen LogP contribution in [0.15, 0.2) is 18.2 Å². The molecular formula is C11H14FNO3. The number of halogens is 1. The minimum Gasteiger partial charge on any atom is -0.507 e. The van der Waals surface area contributed by atoms with E-state index in [1.807, 2.05) is 0 Å². The van der Waals surface area contributed by atoms with Crippen LogP contribution in [0.3, 0.4) is 0 Å². The van der Waals surface area contributed by atoms with E-state index in [9.17, 15) is 14.3 Å². The normalized spacial score (nSPS) is 12.2. The fraction of sp³-hybridized carbons (Fsp3) is 0.364. The van der Waals surface area contributed by atoms with Crippen molar-refractivity contribution in [2.24, 2.45) is 0 Å². The highest BCUT2D eigenvalue weighted by Crippen LogP contribution is 2.17. The number of aliphatic hydroxyl groups is 1. The van der Waals surface area contributed by atoms with Crippen molar-refractivity contribution in [1.82, 2.24) is 5.32 Å². The Morgan fingerprint density at radius 2 is 2.25 bits per heavy atom. The van der Waals surface area contributed by atoms with Crippen LogP contribution in [0.1, 0.15) is 23.7 Å². The van der Waals surface area contributed by atoms with Gasteiger partial charge in [0.15, 0.2) is 0 Å². The first-order valence-corrected chi connectivity index (χ1v) is 4.98. The van der Waals surface area contributed by atoms with Gasteiger partial charge in [0, 0.05) is 0 Å². The summed E-state index contributed by atoms with van der Waals surface area (Å²) in [6.07, 6.45) is 0.554. The molecule has 16 heavy (non-hydrogen) atoms. The van der Waals surface area contributed by atoms with Crippen LogP contribution in [0.25, 0.3) is 0 Å². The molecule has 0 aliphatic heterocycles. The number of hydrogen-bond acceptors (Lipinski definition) is 3. The number of benzene rings is 1. The van der Waals surface area contributed by atoms with Gasteiger partial charge in [-0.3, -0.25) is 4.79 Å². The third kappa shape index (κ3) is 2.93. The van der Waals surface area contributed by atoms with Crippen LogP contribution in [0, 0.1) is 5.82 Å². The predicted molar refractivity (Wildman–Crippen MR) is 56.7 cm³/mol. The summed E-state index contributed by atoms with van der Waals surface area (Å²) in [4.78, 5) is 11.6. The molecule has 0 aliphatic carbocycles. The lowest BCUT2D eigenvalue weighted by atomic mass is 10.1. The van der Waals surface area contributed by atoms with Gasteiger partial charge >= 0.3 is 0 Å². The molecule has 0 fully saturated rings. The smallest absolute Gasteiger partial charge is 0.255 e. The monoisotopic (exact) mass is 227 g/mol. The van der Waals surface area contributed by atoms with Gasteiger partial charge in [-0.05, 0) is 24.6 Å². The Balaban J connectivity index is 2.83. The van der Waals surface area contributed by atoms with E-state index >= 15 is 0 Å². The van der Waals surface area contributed by atoms with Gasteiger partial charge in [0.1, 0.15) is 11.6 Å². The first-order valence-electron chi connectivity index (χ1n) is 4.98. The van der Waals surface area contributed by atoms with Gasteiger partial charge in [-0.25, -0.2) is 4.39 Å². The highest BCUT2D eigenvalue weighted by molar-refractivity contribution is 5.96. The number of carbonyl (C=O) groups excluding carboxylic acids is 1. The van der Waals surface area contributed by atoms with Crippen LogP contribution in [0.2, 0.25) is 0 Å². The molecule has 0 heterocycles. The van der Waals surface area contributed by atoms with Gasteiger partial charge < -0.3 is 15.5 Å². The van der Waals surface area contributed by atoms with Gasteiger partial charge in [0.25, 0.3) is 5.91 Å². The lowest BCUT2D eigenvalue weighted by Crippen LogP contribution is -2.36. The lowest BCUT2D eigenvalue weighted by Gasteiger charge is -2.14. The summed E-state index contributed by atoms with van der Waals surface area (Å²) >= 11 is 0. The molecule has 4 nitrogen and oxygen atoms in total. The standard InChI is InChI=1S/C11H14FNO3/c1-2-8(6-14)13-11(16)9-5-7(12)3-4-10(9)15/h3-5,8,14-15H,2,6H2,1H3,(H,13,16). The topological polar surface area (TPSA) is 69.6 Å². The molecule has 1 rings (SSSR count). The summed E-state index contributed by atoms with van der Waals surface area (Å²) in [5.74, 6) is -1.48. The Morgan fingerprint density at radius 3 is 2.81 bits per heavy atom. The molecule has 88 valence electrons. The largest absolute Gasteiger partial charge is 0.507 e. The van der Waals surface area contributed by atoms with Crippen molar-refractivity contribution in [3.8, 4) is 5.75 Å². The Morgan fingerprint density at radius 1 is 1.56 bits per heavy atom. The van der Waals surface area contributed by atoms with Crippen LogP contribution in [0.5, 0.6) is 5.75 Å². The number of aromatic hydroxyl groups is 1. The maximum Gasteiger partial charge on any atom is 0.255 e. The van der Waals surface area contributed by atoms with Crippen molar-refractivity contribution in [2.45, 2.75) is 19.4 Å². The first kappa shape index (κ1) is 12.4. The number of aliphatic hydroxyl groups excluding tert-OH is 1.